The summed E-state index contributed by atoms with van der Waals surface area (Å²) in [5.74, 6) is 1.67. The number of ether oxygens (including phenoxy) is 1. The maximum Gasteiger partial charge on any atom is 0.419 e. The second-order valence-corrected chi connectivity index (χ2v) is 13.4. The Kier molecular flexibility index (Phi) is 7.64. The van der Waals surface area contributed by atoms with Crippen molar-refractivity contribution >= 4 is 11.9 Å². The molecule has 2 atom stereocenters. The third-order valence-electron chi connectivity index (χ3n) is 8.49. The van der Waals surface area contributed by atoms with Gasteiger partial charge in [-0.1, -0.05) is 6.07 Å². The van der Waals surface area contributed by atoms with Crippen LogP contribution < -0.4 is 4.90 Å². The van der Waals surface area contributed by atoms with Crippen LogP contribution in [0.5, 0.6) is 0 Å². The van der Waals surface area contributed by atoms with Crippen LogP contribution in [0.2, 0.25) is 0 Å². The van der Waals surface area contributed by atoms with Gasteiger partial charge < -0.3 is 9.64 Å². The van der Waals surface area contributed by atoms with Gasteiger partial charge in [-0.25, -0.2) is 19.7 Å². The van der Waals surface area contributed by atoms with Crippen molar-refractivity contribution in [3.8, 4) is 22.8 Å². The van der Waals surface area contributed by atoms with E-state index in [0.717, 1.165) is 65.0 Å². The molecule has 236 valence electrons. The number of anilines is 1. The number of H-pyrrole nitrogens is 1. The second-order valence-electron chi connectivity index (χ2n) is 13.4. The molecule has 0 amide bonds. The summed E-state index contributed by atoms with van der Waals surface area (Å²) in [6, 6.07) is 17.0. The monoisotopic (exact) mass is 617 g/mol. The lowest BCUT2D eigenvalue weighted by Gasteiger charge is -2.56. The Morgan fingerprint density at radius 2 is 1.80 bits per heavy atom. The Labute approximate surface area is 268 Å². The Morgan fingerprint density at radius 1 is 0.978 bits per heavy atom. The van der Waals surface area contributed by atoms with Gasteiger partial charge >= 0.3 is 6.09 Å². The predicted octanol–water partition coefficient (Wildman–Crippen LogP) is 5.58. The molecule has 3 fully saturated rings. The van der Waals surface area contributed by atoms with Crippen molar-refractivity contribution in [2.75, 3.05) is 18.0 Å². The number of aryl methyl sites for hydroxylation is 2. The Morgan fingerprint density at radius 3 is 2.48 bits per heavy atom. The summed E-state index contributed by atoms with van der Waals surface area (Å²) in [7, 11) is 0. The topological polar surface area (TPSA) is 118 Å². The highest BCUT2D eigenvalue weighted by molar-refractivity contribution is 5.77. The summed E-state index contributed by atoms with van der Waals surface area (Å²) in [4.78, 5) is 36.6. The predicted molar refractivity (Wildman–Crippen MR) is 175 cm³/mol. The summed E-state index contributed by atoms with van der Waals surface area (Å²) >= 11 is 0. The smallest absolute Gasteiger partial charge is 0.419 e. The normalized spacial score (nSPS) is 18.0. The second kappa shape index (κ2) is 11.8. The Bertz CT molecular complexity index is 1840. The number of rotatable bonds is 7. The van der Waals surface area contributed by atoms with Gasteiger partial charge in [-0.2, -0.15) is 5.10 Å². The molecule has 0 spiro atoms. The van der Waals surface area contributed by atoms with Gasteiger partial charge in [0.25, 0.3) is 0 Å². The average Bonchev–Trinajstić information content (AvgIpc) is 3.68. The molecule has 2 unspecified atom stereocenters. The van der Waals surface area contributed by atoms with Crippen molar-refractivity contribution in [2.24, 2.45) is 0 Å². The van der Waals surface area contributed by atoms with Gasteiger partial charge in [0, 0.05) is 73.7 Å². The molecule has 11 heteroatoms. The van der Waals surface area contributed by atoms with E-state index in [4.69, 9.17) is 19.7 Å². The molecule has 8 rings (SSSR count). The minimum absolute atomic E-state index is 0.408. The summed E-state index contributed by atoms with van der Waals surface area (Å²) in [6.07, 6.45) is 6.96. The number of fused-ring (bicyclic) bond motifs is 2. The van der Waals surface area contributed by atoms with E-state index in [1.165, 1.54) is 11.0 Å². The van der Waals surface area contributed by atoms with Crippen LogP contribution in [0.1, 0.15) is 55.5 Å². The van der Waals surface area contributed by atoms with E-state index < -0.39 is 11.7 Å². The van der Waals surface area contributed by atoms with E-state index in [9.17, 15) is 4.79 Å². The number of hydrogen-bond acceptors (Lipinski definition) is 9. The van der Waals surface area contributed by atoms with E-state index in [-0.39, 0.29) is 0 Å². The Balaban J connectivity index is 0.970. The number of pyridine rings is 2. The number of piperazine rings is 1. The standard InChI is InChI=1S/C35H39N9O2/c1-22-13-26(15-27-14-23(2)40-41-27)39-33(38-22)25-9-11-32(37-18-25)42-20-28-16-29(21-42)44(28)19-24-8-10-30(36-17-24)31-7-6-12-43(31)34(45)46-35(3,4)5/h6-14,17-18,28-29H,15-16,19-21H2,1-5H3,(H,40,41). The first-order valence-corrected chi connectivity index (χ1v) is 15.8. The van der Waals surface area contributed by atoms with Crippen LogP contribution in [0.4, 0.5) is 10.6 Å². The van der Waals surface area contributed by atoms with Crippen molar-refractivity contribution in [3.05, 3.63) is 95.5 Å². The lowest BCUT2D eigenvalue weighted by atomic mass is 9.87. The summed E-state index contributed by atoms with van der Waals surface area (Å²) in [5.41, 5.74) is 6.82. The van der Waals surface area contributed by atoms with Crippen LogP contribution in [-0.4, -0.2) is 76.5 Å². The van der Waals surface area contributed by atoms with E-state index >= 15 is 0 Å². The molecule has 0 aromatic carbocycles. The fraction of sp³-hybridized carbons (Fsp3) is 0.371. The molecule has 2 bridgehead atoms. The molecular weight excluding hydrogens is 578 g/mol. The number of carbonyl (C=O) groups excluding carboxylic acids is 1. The zero-order valence-corrected chi connectivity index (χ0v) is 26.9. The molecule has 3 aliphatic rings. The van der Waals surface area contributed by atoms with Crippen molar-refractivity contribution in [2.45, 2.75) is 71.7 Å². The molecule has 0 saturated carbocycles. The molecule has 1 N–H and O–H groups in total. The van der Waals surface area contributed by atoms with Crippen molar-refractivity contribution < 1.29 is 9.53 Å². The molecule has 11 nitrogen and oxygen atoms in total. The number of nitrogens with zero attached hydrogens (tertiary/aromatic N) is 8. The molecular formula is C35H39N9O2. The number of aromatic nitrogens is 7. The average molecular weight is 618 g/mol. The number of carbonyl (C=O) groups is 1. The summed E-state index contributed by atoms with van der Waals surface area (Å²) in [5, 5.41) is 7.35. The van der Waals surface area contributed by atoms with E-state index in [2.05, 4.69) is 43.2 Å². The van der Waals surface area contributed by atoms with Gasteiger partial charge in [-0.15, -0.1) is 0 Å². The van der Waals surface area contributed by atoms with Crippen LogP contribution in [0.15, 0.2) is 67.1 Å². The first kappa shape index (κ1) is 29.8. The van der Waals surface area contributed by atoms with Gasteiger partial charge in [0.1, 0.15) is 11.4 Å². The fourth-order valence-corrected chi connectivity index (χ4v) is 6.38. The van der Waals surface area contributed by atoms with Gasteiger partial charge in [-0.05, 0) is 89.1 Å². The number of hydrogen-bond donors (Lipinski definition) is 1. The van der Waals surface area contributed by atoms with Crippen LogP contribution in [0, 0.1) is 13.8 Å². The maximum absolute atomic E-state index is 12.7. The molecule has 3 saturated heterocycles. The third kappa shape index (κ3) is 6.28. The molecule has 0 aliphatic carbocycles. The Hall–Kier alpha value is -4.90. The van der Waals surface area contributed by atoms with Crippen LogP contribution in [0.25, 0.3) is 22.8 Å². The minimum atomic E-state index is -0.568. The van der Waals surface area contributed by atoms with Gasteiger partial charge in [0.2, 0.25) is 0 Å². The summed E-state index contributed by atoms with van der Waals surface area (Å²) < 4.78 is 7.06. The molecule has 3 aliphatic heterocycles. The third-order valence-corrected chi connectivity index (χ3v) is 8.49. The molecule has 5 aromatic rings. The van der Waals surface area contributed by atoms with E-state index in [1.54, 1.807) is 6.20 Å². The van der Waals surface area contributed by atoms with Crippen LogP contribution in [0.3, 0.4) is 0 Å². The van der Waals surface area contributed by atoms with Crippen molar-refractivity contribution in [1.82, 2.24) is 39.6 Å². The highest BCUT2D eigenvalue weighted by atomic mass is 16.6. The molecule has 46 heavy (non-hydrogen) atoms. The lowest BCUT2D eigenvalue weighted by Crippen LogP contribution is -2.68. The zero-order chi connectivity index (χ0) is 32.0. The largest absolute Gasteiger partial charge is 0.443 e. The number of aromatic amines is 1. The van der Waals surface area contributed by atoms with Crippen LogP contribution in [-0.2, 0) is 17.7 Å². The number of nitrogens with one attached hydrogen (secondary N) is 1. The zero-order valence-electron chi connectivity index (χ0n) is 26.9. The van der Waals surface area contributed by atoms with Gasteiger partial charge in [0.05, 0.1) is 22.8 Å². The lowest BCUT2D eigenvalue weighted by molar-refractivity contribution is -0.00875. The van der Waals surface area contributed by atoms with E-state index in [0.29, 0.717) is 30.0 Å². The molecule has 5 aromatic heterocycles. The number of piperidine rings is 1. The summed E-state index contributed by atoms with van der Waals surface area (Å²) in [6.45, 7) is 12.3. The molecule has 0 radical (unpaired) electrons. The van der Waals surface area contributed by atoms with Crippen molar-refractivity contribution in [3.63, 3.8) is 0 Å². The first-order valence-electron chi connectivity index (χ1n) is 15.8. The SMILES string of the molecule is Cc1cc(Cc2cc(C)[nH]n2)nc(-c2ccc(N3CC4CC(C3)N4Cc3ccc(-c4cccn4C(=O)OC(C)(C)C)nc3)nc2)n1. The van der Waals surface area contributed by atoms with Crippen LogP contribution >= 0.6 is 0 Å². The first-order chi connectivity index (χ1) is 22.1. The molecule has 8 heterocycles. The van der Waals surface area contributed by atoms with Gasteiger partial charge in [0.15, 0.2) is 5.82 Å². The highest BCUT2D eigenvalue weighted by Crippen LogP contribution is 2.36. The quantitative estimate of drug-likeness (QED) is 0.250. The maximum atomic E-state index is 12.7. The fourth-order valence-electron chi connectivity index (χ4n) is 6.38. The van der Waals surface area contributed by atoms with Gasteiger partial charge in [-0.3, -0.25) is 19.5 Å². The van der Waals surface area contributed by atoms with E-state index in [1.807, 2.05) is 77.3 Å². The minimum Gasteiger partial charge on any atom is -0.443 e. The highest BCUT2D eigenvalue weighted by Gasteiger charge is 2.44. The van der Waals surface area contributed by atoms with Crippen molar-refractivity contribution in [1.29, 1.82) is 0 Å².